The lowest BCUT2D eigenvalue weighted by atomic mass is 9.87. The van der Waals surface area contributed by atoms with Gasteiger partial charge in [0.1, 0.15) is 0 Å². The van der Waals surface area contributed by atoms with E-state index in [1.165, 1.54) is 5.56 Å². The summed E-state index contributed by atoms with van der Waals surface area (Å²) in [6, 6.07) is 0. The molecular formula is C9H14OS. The average Bonchev–Trinajstić information content (AvgIpc) is 2.31. The molecule has 1 aromatic heterocycles. The Hall–Kier alpha value is -0.340. The first-order valence-electron chi connectivity index (χ1n) is 3.72. The number of hydrogen-bond acceptors (Lipinski definition) is 2. The quantitative estimate of drug-likeness (QED) is 0.686. The van der Waals surface area contributed by atoms with Crippen LogP contribution >= 0.6 is 11.3 Å². The van der Waals surface area contributed by atoms with Gasteiger partial charge in [0.15, 0.2) is 0 Å². The normalized spacial score (nSPS) is 12.0. The van der Waals surface area contributed by atoms with Crippen LogP contribution in [0.15, 0.2) is 10.8 Å². The molecule has 0 amide bonds. The fraction of sp³-hybridized carbons (Fsp3) is 0.556. The molecule has 0 saturated heterocycles. The second kappa shape index (κ2) is 2.95. The molecule has 0 spiro atoms. The van der Waals surface area contributed by atoms with Gasteiger partial charge in [0.2, 0.25) is 0 Å². The fourth-order valence-corrected chi connectivity index (χ4v) is 2.18. The molecule has 11 heavy (non-hydrogen) atoms. The Morgan fingerprint density at radius 1 is 1.36 bits per heavy atom. The van der Waals surface area contributed by atoms with Crippen LogP contribution in [0.4, 0.5) is 0 Å². The highest BCUT2D eigenvalue weighted by molar-refractivity contribution is 7.08. The van der Waals surface area contributed by atoms with Crippen LogP contribution in [0.5, 0.6) is 0 Å². The number of hydrogen-bond donors (Lipinski definition) is 1. The van der Waals surface area contributed by atoms with E-state index in [0.717, 1.165) is 5.56 Å². The third-order valence-corrected chi connectivity index (χ3v) is 2.51. The molecule has 1 heterocycles. The SMILES string of the molecule is CC(C)(C)c1cscc1CO. The van der Waals surface area contributed by atoms with E-state index in [9.17, 15) is 0 Å². The summed E-state index contributed by atoms with van der Waals surface area (Å²) < 4.78 is 0. The van der Waals surface area contributed by atoms with Crippen LogP contribution in [-0.4, -0.2) is 5.11 Å². The molecule has 0 unspecified atom stereocenters. The van der Waals surface area contributed by atoms with E-state index >= 15 is 0 Å². The highest BCUT2D eigenvalue weighted by Crippen LogP contribution is 2.28. The molecule has 0 bridgehead atoms. The van der Waals surface area contributed by atoms with Crippen molar-refractivity contribution >= 4 is 11.3 Å². The van der Waals surface area contributed by atoms with E-state index in [2.05, 4.69) is 26.2 Å². The van der Waals surface area contributed by atoms with Crippen molar-refractivity contribution in [3.8, 4) is 0 Å². The average molecular weight is 170 g/mol. The first-order valence-corrected chi connectivity index (χ1v) is 4.66. The molecule has 0 fully saturated rings. The van der Waals surface area contributed by atoms with Gasteiger partial charge in [-0.05, 0) is 27.3 Å². The minimum atomic E-state index is 0.163. The van der Waals surface area contributed by atoms with Crippen molar-refractivity contribution in [3.63, 3.8) is 0 Å². The molecule has 0 aliphatic carbocycles. The van der Waals surface area contributed by atoms with Gasteiger partial charge in [0.05, 0.1) is 6.61 Å². The Kier molecular flexibility index (Phi) is 2.35. The van der Waals surface area contributed by atoms with E-state index in [4.69, 9.17) is 5.11 Å². The standard InChI is InChI=1S/C9H14OS/c1-9(2,3)8-6-11-5-7(8)4-10/h5-6,10H,4H2,1-3H3. The molecule has 0 radical (unpaired) electrons. The van der Waals surface area contributed by atoms with Crippen molar-refractivity contribution in [1.82, 2.24) is 0 Å². The molecule has 2 heteroatoms. The summed E-state index contributed by atoms with van der Waals surface area (Å²) in [6.45, 7) is 6.65. The topological polar surface area (TPSA) is 20.2 Å². The molecular weight excluding hydrogens is 156 g/mol. The van der Waals surface area contributed by atoms with E-state index in [1.807, 2.05) is 5.38 Å². The van der Waals surface area contributed by atoms with E-state index in [1.54, 1.807) is 11.3 Å². The second-order valence-corrected chi connectivity index (χ2v) is 4.46. The third-order valence-electron chi connectivity index (χ3n) is 1.72. The Bertz CT molecular complexity index is 232. The van der Waals surface area contributed by atoms with Crippen molar-refractivity contribution < 1.29 is 5.11 Å². The highest BCUT2D eigenvalue weighted by Gasteiger charge is 2.17. The summed E-state index contributed by atoms with van der Waals surface area (Å²) in [5.74, 6) is 0. The van der Waals surface area contributed by atoms with Crippen molar-refractivity contribution in [1.29, 1.82) is 0 Å². The summed E-state index contributed by atoms with van der Waals surface area (Å²) >= 11 is 1.66. The highest BCUT2D eigenvalue weighted by atomic mass is 32.1. The van der Waals surface area contributed by atoms with Gasteiger partial charge in [-0.25, -0.2) is 0 Å². The maximum Gasteiger partial charge on any atom is 0.0692 e. The van der Waals surface area contributed by atoms with Crippen LogP contribution in [-0.2, 0) is 12.0 Å². The van der Waals surface area contributed by atoms with Crippen molar-refractivity contribution in [2.45, 2.75) is 32.8 Å². The maximum atomic E-state index is 8.98. The zero-order valence-corrected chi connectivity index (χ0v) is 8.03. The largest absolute Gasteiger partial charge is 0.392 e. The molecule has 0 atom stereocenters. The zero-order valence-electron chi connectivity index (χ0n) is 7.22. The van der Waals surface area contributed by atoms with Crippen molar-refractivity contribution in [2.75, 3.05) is 0 Å². The summed E-state index contributed by atoms with van der Waals surface area (Å²) in [4.78, 5) is 0. The van der Waals surface area contributed by atoms with Crippen LogP contribution in [0.25, 0.3) is 0 Å². The van der Waals surface area contributed by atoms with Crippen molar-refractivity contribution in [3.05, 3.63) is 21.9 Å². The van der Waals surface area contributed by atoms with Crippen LogP contribution in [0, 0.1) is 0 Å². The summed E-state index contributed by atoms with van der Waals surface area (Å²) in [5, 5.41) is 13.1. The fourth-order valence-electron chi connectivity index (χ4n) is 1.10. The zero-order chi connectivity index (χ0) is 8.48. The lowest BCUT2D eigenvalue weighted by molar-refractivity contribution is 0.279. The minimum absolute atomic E-state index is 0.163. The lowest BCUT2D eigenvalue weighted by Gasteiger charge is -2.18. The Morgan fingerprint density at radius 3 is 2.36 bits per heavy atom. The van der Waals surface area contributed by atoms with Gasteiger partial charge in [-0.2, -0.15) is 11.3 Å². The first kappa shape index (κ1) is 8.75. The molecule has 1 aromatic rings. The summed E-state index contributed by atoms with van der Waals surface area (Å²) in [7, 11) is 0. The smallest absolute Gasteiger partial charge is 0.0692 e. The molecule has 0 aromatic carbocycles. The summed E-state index contributed by atoms with van der Waals surface area (Å²) in [6.07, 6.45) is 0. The van der Waals surface area contributed by atoms with Crippen LogP contribution in [0.3, 0.4) is 0 Å². The molecule has 0 aliphatic rings. The molecule has 62 valence electrons. The van der Waals surface area contributed by atoms with Crippen LogP contribution in [0.1, 0.15) is 31.9 Å². The van der Waals surface area contributed by atoms with Gasteiger partial charge < -0.3 is 5.11 Å². The van der Waals surface area contributed by atoms with Gasteiger partial charge in [-0.15, -0.1) is 0 Å². The number of aliphatic hydroxyl groups excluding tert-OH is 1. The minimum Gasteiger partial charge on any atom is -0.392 e. The van der Waals surface area contributed by atoms with Crippen molar-refractivity contribution in [2.24, 2.45) is 0 Å². The first-order chi connectivity index (χ1) is 5.05. The molecule has 0 saturated carbocycles. The maximum absolute atomic E-state index is 8.98. The van der Waals surface area contributed by atoms with Gasteiger partial charge in [-0.3, -0.25) is 0 Å². The molecule has 1 nitrogen and oxygen atoms in total. The van der Waals surface area contributed by atoms with E-state index in [-0.39, 0.29) is 12.0 Å². The van der Waals surface area contributed by atoms with E-state index < -0.39 is 0 Å². The van der Waals surface area contributed by atoms with Gasteiger partial charge in [0.25, 0.3) is 0 Å². The Labute approximate surface area is 71.7 Å². The molecule has 1 N–H and O–H groups in total. The third kappa shape index (κ3) is 1.82. The van der Waals surface area contributed by atoms with Gasteiger partial charge in [-0.1, -0.05) is 20.8 Å². The lowest BCUT2D eigenvalue weighted by Crippen LogP contribution is -2.12. The molecule has 0 aliphatic heterocycles. The Balaban J connectivity index is 3.02. The predicted octanol–water partition coefficient (Wildman–Crippen LogP) is 2.54. The van der Waals surface area contributed by atoms with Crippen LogP contribution < -0.4 is 0 Å². The number of rotatable bonds is 1. The number of aliphatic hydroxyl groups is 1. The molecule has 1 rings (SSSR count). The number of thiophene rings is 1. The Morgan fingerprint density at radius 2 is 2.00 bits per heavy atom. The monoisotopic (exact) mass is 170 g/mol. The van der Waals surface area contributed by atoms with Gasteiger partial charge >= 0.3 is 0 Å². The predicted molar refractivity (Wildman–Crippen MR) is 48.9 cm³/mol. The van der Waals surface area contributed by atoms with E-state index in [0.29, 0.717) is 0 Å². The van der Waals surface area contributed by atoms with Gasteiger partial charge in [0, 0.05) is 0 Å². The summed E-state index contributed by atoms with van der Waals surface area (Å²) in [5.41, 5.74) is 2.51. The van der Waals surface area contributed by atoms with Crippen LogP contribution in [0.2, 0.25) is 0 Å². The second-order valence-electron chi connectivity index (χ2n) is 3.72.